The molecular weight excluding hydrogens is 380 g/mol. The summed E-state index contributed by atoms with van der Waals surface area (Å²) >= 11 is 0. The third-order valence-corrected chi connectivity index (χ3v) is 4.50. The molecule has 0 aliphatic rings. The minimum absolute atomic E-state index is 0.242. The van der Waals surface area contributed by atoms with Crippen molar-refractivity contribution in [2.75, 3.05) is 14.2 Å². The number of rotatable bonds is 7. The maximum absolute atomic E-state index is 12.7. The third-order valence-electron chi connectivity index (χ3n) is 4.50. The van der Waals surface area contributed by atoms with Crippen LogP contribution in [0.2, 0.25) is 0 Å². The molecule has 0 spiro atoms. The summed E-state index contributed by atoms with van der Waals surface area (Å²) in [6.45, 7) is 1.95. The molecule has 152 valence electrons. The van der Waals surface area contributed by atoms with Crippen LogP contribution in [0, 0.1) is 6.92 Å². The van der Waals surface area contributed by atoms with E-state index in [4.69, 9.17) is 14.2 Å². The zero-order valence-corrected chi connectivity index (χ0v) is 17.0. The van der Waals surface area contributed by atoms with Gasteiger partial charge in [-0.15, -0.1) is 0 Å². The molecule has 30 heavy (non-hydrogen) atoms. The van der Waals surface area contributed by atoms with Gasteiger partial charge in [0.1, 0.15) is 17.2 Å². The van der Waals surface area contributed by atoms with Crippen LogP contribution in [0.1, 0.15) is 31.8 Å². The SMILES string of the molecule is COc1ccc(C(=O)/C=C/c2ccccc2OC(=O)c2ccc(C)cc2)c(OC)c1. The number of aryl methyl sites for hydroxylation is 1. The van der Waals surface area contributed by atoms with E-state index < -0.39 is 5.97 Å². The first-order valence-corrected chi connectivity index (χ1v) is 9.34. The van der Waals surface area contributed by atoms with Crippen molar-refractivity contribution in [2.24, 2.45) is 0 Å². The summed E-state index contributed by atoms with van der Waals surface area (Å²) in [6, 6.07) is 19.2. The van der Waals surface area contributed by atoms with E-state index in [1.807, 2.05) is 19.1 Å². The number of ether oxygens (including phenoxy) is 3. The van der Waals surface area contributed by atoms with Gasteiger partial charge in [-0.05, 0) is 49.4 Å². The van der Waals surface area contributed by atoms with Gasteiger partial charge in [-0.2, -0.15) is 0 Å². The summed E-state index contributed by atoms with van der Waals surface area (Å²) in [5.74, 6) is 0.686. The van der Waals surface area contributed by atoms with Gasteiger partial charge in [0.05, 0.1) is 25.3 Å². The molecular formula is C25H22O5. The highest BCUT2D eigenvalue weighted by Gasteiger charge is 2.13. The lowest BCUT2D eigenvalue weighted by Crippen LogP contribution is -2.09. The molecule has 0 bridgehead atoms. The quantitative estimate of drug-likeness (QED) is 0.237. The fraction of sp³-hybridized carbons (Fsp3) is 0.120. The maximum Gasteiger partial charge on any atom is 0.343 e. The Kier molecular flexibility index (Phi) is 6.65. The fourth-order valence-corrected chi connectivity index (χ4v) is 2.82. The zero-order valence-electron chi connectivity index (χ0n) is 17.0. The second-order valence-corrected chi connectivity index (χ2v) is 6.56. The molecule has 3 aromatic carbocycles. The van der Waals surface area contributed by atoms with E-state index >= 15 is 0 Å². The summed E-state index contributed by atoms with van der Waals surface area (Å²) in [7, 11) is 3.04. The number of allylic oxidation sites excluding steroid dienone is 1. The summed E-state index contributed by atoms with van der Waals surface area (Å²) in [4.78, 5) is 25.1. The Hall–Kier alpha value is -3.86. The highest BCUT2D eigenvalue weighted by molar-refractivity contribution is 6.09. The average molecular weight is 402 g/mol. The predicted molar refractivity (Wildman–Crippen MR) is 115 cm³/mol. The molecule has 0 aromatic heterocycles. The van der Waals surface area contributed by atoms with Gasteiger partial charge >= 0.3 is 5.97 Å². The normalized spacial score (nSPS) is 10.6. The maximum atomic E-state index is 12.7. The van der Waals surface area contributed by atoms with Crippen molar-refractivity contribution in [1.29, 1.82) is 0 Å². The molecule has 0 N–H and O–H groups in total. The number of benzene rings is 3. The monoisotopic (exact) mass is 402 g/mol. The Balaban J connectivity index is 1.80. The van der Waals surface area contributed by atoms with E-state index in [1.165, 1.54) is 13.2 Å². The Morgan fingerprint density at radius 2 is 1.57 bits per heavy atom. The number of carbonyl (C=O) groups excluding carboxylic acids is 2. The molecule has 0 heterocycles. The number of hydrogen-bond acceptors (Lipinski definition) is 5. The zero-order chi connectivity index (χ0) is 21.5. The largest absolute Gasteiger partial charge is 0.497 e. The molecule has 0 unspecified atom stereocenters. The number of ketones is 1. The van der Waals surface area contributed by atoms with Gasteiger partial charge < -0.3 is 14.2 Å². The van der Waals surface area contributed by atoms with Crippen LogP contribution < -0.4 is 14.2 Å². The van der Waals surface area contributed by atoms with Gasteiger partial charge in [-0.1, -0.05) is 35.9 Å². The number of hydrogen-bond donors (Lipinski definition) is 0. The fourth-order valence-electron chi connectivity index (χ4n) is 2.82. The Bertz CT molecular complexity index is 1080. The molecule has 0 aliphatic heterocycles. The lowest BCUT2D eigenvalue weighted by atomic mass is 10.1. The van der Waals surface area contributed by atoms with E-state index in [1.54, 1.807) is 67.8 Å². The Morgan fingerprint density at radius 3 is 2.27 bits per heavy atom. The smallest absolute Gasteiger partial charge is 0.343 e. The number of methoxy groups -OCH3 is 2. The number of carbonyl (C=O) groups is 2. The number of esters is 1. The first kappa shape index (κ1) is 20.9. The van der Waals surface area contributed by atoms with Crippen molar-refractivity contribution in [3.05, 3.63) is 95.1 Å². The second-order valence-electron chi connectivity index (χ2n) is 6.56. The van der Waals surface area contributed by atoms with Crippen molar-refractivity contribution in [1.82, 2.24) is 0 Å². The molecule has 0 saturated carbocycles. The van der Waals surface area contributed by atoms with Crippen LogP contribution in [0.4, 0.5) is 0 Å². The van der Waals surface area contributed by atoms with Gasteiger partial charge in [-0.3, -0.25) is 4.79 Å². The van der Waals surface area contributed by atoms with Gasteiger partial charge in [0.2, 0.25) is 0 Å². The van der Waals surface area contributed by atoms with Crippen LogP contribution in [0.5, 0.6) is 17.2 Å². The van der Waals surface area contributed by atoms with Crippen LogP contribution >= 0.6 is 0 Å². The van der Waals surface area contributed by atoms with E-state index in [2.05, 4.69) is 0 Å². The van der Waals surface area contributed by atoms with Crippen molar-refractivity contribution in [3.8, 4) is 17.2 Å². The minimum atomic E-state index is -0.459. The summed E-state index contributed by atoms with van der Waals surface area (Å²) in [5, 5.41) is 0. The van der Waals surface area contributed by atoms with Crippen LogP contribution in [0.25, 0.3) is 6.08 Å². The van der Waals surface area contributed by atoms with Gasteiger partial charge in [0, 0.05) is 11.6 Å². The topological polar surface area (TPSA) is 61.8 Å². The summed E-state index contributed by atoms with van der Waals surface area (Å²) < 4.78 is 16.0. The first-order valence-electron chi connectivity index (χ1n) is 9.34. The van der Waals surface area contributed by atoms with E-state index in [0.717, 1.165) is 5.56 Å². The molecule has 0 aliphatic carbocycles. The Labute approximate surface area is 175 Å². The molecule has 3 aromatic rings. The van der Waals surface area contributed by atoms with E-state index in [-0.39, 0.29) is 5.78 Å². The molecule has 0 atom stereocenters. The second kappa shape index (κ2) is 9.56. The predicted octanol–water partition coefficient (Wildman–Crippen LogP) is 5.13. The highest BCUT2D eigenvalue weighted by atomic mass is 16.5. The molecule has 5 heteroatoms. The molecule has 0 fully saturated rings. The third kappa shape index (κ3) is 4.94. The lowest BCUT2D eigenvalue weighted by molar-refractivity contribution is 0.0734. The molecule has 0 amide bonds. The van der Waals surface area contributed by atoms with E-state index in [9.17, 15) is 9.59 Å². The minimum Gasteiger partial charge on any atom is -0.497 e. The van der Waals surface area contributed by atoms with Crippen LogP contribution in [-0.4, -0.2) is 26.0 Å². The molecule has 3 rings (SSSR count). The van der Waals surface area contributed by atoms with Crippen molar-refractivity contribution >= 4 is 17.8 Å². The average Bonchev–Trinajstić information content (AvgIpc) is 2.78. The summed E-state index contributed by atoms with van der Waals surface area (Å²) in [5.41, 5.74) is 2.53. The van der Waals surface area contributed by atoms with Crippen LogP contribution in [0.3, 0.4) is 0 Å². The van der Waals surface area contributed by atoms with Crippen LogP contribution in [0.15, 0.2) is 72.8 Å². The summed E-state index contributed by atoms with van der Waals surface area (Å²) in [6.07, 6.45) is 3.03. The van der Waals surface area contributed by atoms with Gasteiger partial charge in [-0.25, -0.2) is 4.79 Å². The van der Waals surface area contributed by atoms with Crippen molar-refractivity contribution in [3.63, 3.8) is 0 Å². The molecule has 5 nitrogen and oxygen atoms in total. The molecule has 0 radical (unpaired) electrons. The first-order chi connectivity index (χ1) is 14.5. The lowest BCUT2D eigenvalue weighted by Gasteiger charge is -2.09. The van der Waals surface area contributed by atoms with E-state index in [0.29, 0.717) is 33.9 Å². The van der Waals surface area contributed by atoms with Crippen LogP contribution in [-0.2, 0) is 0 Å². The van der Waals surface area contributed by atoms with Gasteiger partial charge in [0.15, 0.2) is 5.78 Å². The number of para-hydroxylation sites is 1. The van der Waals surface area contributed by atoms with Gasteiger partial charge in [0.25, 0.3) is 0 Å². The van der Waals surface area contributed by atoms with Crippen molar-refractivity contribution in [2.45, 2.75) is 6.92 Å². The standard InChI is InChI=1S/C25H22O5/c1-17-8-10-19(11-9-17)25(27)30-23-7-5-4-6-18(23)12-15-22(26)21-14-13-20(28-2)16-24(21)29-3/h4-16H,1-3H3/b15-12+. The Morgan fingerprint density at radius 1 is 0.833 bits per heavy atom. The molecule has 0 saturated heterocycles. The highest BCUT2D eigenvalue weighted by Crippen LogP contribution is 2.26. The van der Waals surface area contributed by atoms with Crippen molar-refractivity contribution < 1.29 is 23.8 Å².